The zero-order chi connectivity index (χ0) is 18.6. The summed E-state index contributed by atoms with van der Waals surface area (Å²) in [5, 5.41) is 7.32. The van der Waals surface area contributed by atoms with Crippen LogP contribution in [0.15, 0.2) is 0 Å². The summed E-state index contributed by atoms with van der Waals surface area (Å²) in [6.45, 7) is 11.1. The highest BCUT2D eigenvalue weighted by atomic mass is 35.5. The van der Waals surface area contributed by atoms with E-state index in [2.05, 4.69) is 0 Å². The molecule has 0 aliphatic carbocycles. The van der Waals surface area contributed by atoms with Crippen LogP contribution < -0.4 is 0 Å². The minimum Gasteiger partial charge on any atom is -0.297 e. The van der Waals surface area contributed by atoms with Crippen molar-refractivity contribution in [3.05, 3.63) is 0 Å². The normalized spacial score (nSPS) is 44.0. The topological polar surface area (TPSA) is 23.8 Å². The molecular formula is C16H31Cl2F2N5+4. The number of halogens is 4. The Bertz CT molecular complexity index is 412. The molecule has 0 unspecified atom stereocenters. The van der Waals surface area contributed by atoms with E-state index < -0.39 is 0 Å². The minimum absolute atomic E-state index is 0.198. The van der Waals surface area contributed by atoms with Crippen LogP contribution in [0.3, 0.4) is 0 Å². The van der Waals surface area contributed by atoms with Gasteiger partial charge in [0.1, 0.15) is 39.3 Å². The SMILES string of the molecule is CC#N.F[N+]12CC[N+](CCl)(CC1)CC2.F[N+]12CC[N+](CCl)(CC1)CC2. The Balaban J connectivity index is 0.000000156. The van der Waals surface area contributed by atoms with Crippen LogP contribution in [-0.4, -0.2) is 109 Å². The lowest BCUT2D eigenvalue weighted by Gasteiger charge is -2.48. The van der Waals surface area contributed by atoms with Crippen molar-refractivity contribution in [2.45, 2.75) is 6.92 Å². The first-order valence-electron chi connectivity index (χ1n) is 9.02. The maximum absolute atomic E-state index is 13.5. The van der Waals surface area contributed by atoms with Crippen LogP contribution in [0.5, 0.6) is 0 Å². The van der Waals surface area contributed by atoms with E-state index in [9.17, 15) is 8.96 Å². The van der Waals surface area contributed by atoms with Gasteiger partial charge in [0.2, 0.25) is 0 Å². The van der Waals surface area contributed by atoms with Crippen molar-refractivity contribution in [2.75, 3.05) is 90.5 Å². The number of nitriles is 1. The second kappa shape index (κ2) is 8.20. The van der Waals surface area contributed by atoms with Gasteiger partial charge in [-0.15, -0.1) is 9.41 Å². The Morgan fingerprint density at radius 1 is 0.680 bits per heavy atom. The first-order chi connectivity index (χ1) is 11.8. The maximum atomic E-state index is 13.5. The third kappa shape index (κ3) is 4.94. The first kappa shape index (κ1) is 21.1. The van der Waals surface area contributed by atoms with Crippen molar-refractivity contribution in [1.82, 2.24) is 0 Å². The lowest BCUT2D eigenvalue weighted by Crippen LogP contribution is -2.71. The van der Waals surface area contributed by atoms with Gasteiger partial charge in [0.05, 0.1) is 6.07 Å². The molecule has 0 aromatic heterocycles. The molecule has 9 heteroatoms. The molecule has 0 radical (unpaired) electrons. The highest BCUT2D eigenvalue weighted by Crippen LogP contribution is 2.28. The predicted octanol–water partition coefficient (Wildman–Crippen LogP) is 1.99. The summed E-state index contributed by atoms with van der Waals surface area (Å²) in [4.78, 5) is 0. The van der Waals surface area contributed by atoms with Crippen molar-refractivity contribution in [3.8, 4) is 6.07 Å². The third-order valence-electron chi connectivity index (χ3n) is 6.36. The van der Waals surface area contributed by atoms with Crippen molar-refractivity contribution in [2.24, 2.45) is 0 Å². The average Bonchev–Trinajstić information content (AvgIpc) is 2.65. The third-order valence-corrected chi connectivity index (χ3v) is 7.37. The maximum Gasteiger partial charge on any atom is 0.164 e. The lowest BCUT2D eigenvalue weighted by molar-refractivity contribution is -1.15. The molecule has 6 aliphatic heterocycles. The van der Waals surface area contributed by atoms with E-state index in [1.54, 1.807) is 6.07 Å². The van der Waals surface area contributed by atoms with Gasteiger partial charge in [-0.05, 0) is 8.96 Å². The van der Waals surface area contributed by atoms with Crippen LogP contribution in [0.2, 0.25) is 0 Å². The molecular weight excluding hydrogens is 371 g/mol. The largest absolute Gasteiger partial charge is 0.297 e. The Morgan fingerprint density at radius 2 is 0.880 bits per heavy atom. The molecule has 0 saturated carbocycles. The molecule has 0 aromatic carbocycles. The number of fused-ring (bicyclic) bond motifs is 6. The van der Waals surface area contributed by atoms with Gasteiger partial charge in [-0.3, -0.25) is 8.97 Å². The van der Waals surface area contributed by atoms with Gasteiger partial charge in [0.15, 0.2) is 51.3 Å². The summed E-state index contributed by atoms with van der Waals surface area (Å²) in [5.74, 6) is 0. The molecule has 25 heavy (non-hydrogen) atoms. The number of piperazine rings is 6. The van der Waals surface area contributed by atoms with Crippen LogP contribution in [0, 0.1) is 11.3 Å². The number of alkyl halides is 2. The lowest BCUT2D eigenvalue weighted by atomic mass is 10.2. The Labute approximate surface area is 159 Å². The summed E-state index contributed by atoms with van der Waals surface area (Å²) >= 11 is 11.7. The Kier molecular flexibility index (Phi) is 6.91. The highest BCUT2D eigenvalue weighted by molar-refractivity contribution is 6.17. The fourth-order valence-corrected chi connectivity index (χ4v) is 4.77. The van der Waals surface area contributed by atoms with Crippen LogP contribution >= 0.6 is 23.2 Å². The monoisotopic (exact) mass is 401 g/mol. The molecule has 144 valence electrons. The molecule has 6 heterocycles. The fraction of sp³-hybridized carbons (Fsp3) is 0.938. The van der Waals surface area contributed by atoms with Crippen molar-refractivity contribution >= 4 is 23.2 Å². The van der Waals surface area contributed by atoms with Gasteiger partial charge in [-0.2, -0.15) is 5.26 Å². The number of rotatable bonds is 2. The number of quaternary nitrogens is 4. The number of hydrogen-bond acceptors (Lipinski definition) is 1. The van der Waals surface area contributed by atoms with Crippen molar-refractivity contribution < 1.29 is 27.3 Å². The standard InChI is InChI=1S/2C7H14ClFN2.C2H3N/c2*8-7-10-1-4-11(9,5-2-10)6-3-10;1-2-3/h2*1-7H2;1H3/q2*+2;. The van der Waals surface area contributed by atoms with Gasteiger partial charge in [-0.1, -0.05) is 23.2 Å². The average molecular weight is 402 g/mol. The molecule has 5 nitrogen and oxygen atoms in total. The zero-order valence-electron chi connectivity index (χ0n) is 15.1. The van der Waals surface area contributed by atoms with E-state index in [1.807, 2.05) is 0 Å². The van der Waals surface area contributed by atoms with Crippen LogP contribution in [-0.2, 0) is 0 Å². The summed E-state index contributed by atoms with van der Waals surface area (Å²) < 4.78 is 28.6. The van der Waals surface area contributed by atoms with E-state index >= 15 is 0 Å². The molecule has 6 aliphatic rings. The van der Waals surface area contributed by atoms with Crippen LogP contribution in [0.25, 0.3) is 0 Å². The van der Waals surface area contributed by atoms with E-state index in [1.165, 1.54) is 6.92 Å². The first-order valence-corrected chi connectivity index (χ1v) is 10.1. The second-order valence-corrected chi connectivity index (χ2v) is 8.37. The van der Waals surface area contributed by atoms with E-state index in [0.29, 0.717) is 51.3 Å². The molecule has 6 fully saturated rings. The zero-order valence-corrected chi connectivity index (χ0v) is 16.7. The molecule has 0 amide bonds. The highest BCUT2D eigenvalue weighted by Gasteiger charge is 2.51. The molecule has 4 bridgehead atoms. The van der Waals surface area contributed by atoms with Crippen molar-refractivity contribution in [3.63, 3.8) is 0 Å². The van der Waals surface area contributed by atoms with Crippen LogP contribution in [0.1, 0.15) is 6.92 Å². The quantitative estimate of drug-likeness (QED) is 0.300. The van der Waals surface area contributed by atoms with E-state index in [4.69, 9.17) is 28.5 Å². The van der Waals surface area contributed by atoms with E-state index in [0.717, 1.165) is 48.2 Å². The molecule has 6 saturated heterocycles. The van der Waals surface area contributed by atoms with Gasteiger partial charge >= 0.3 is 0 Å². The minimum atomic E-state index is -0.198. The summed E-state index contributed by atoms with van der Waals surface area (Å²) in [6.07, 6.45) is 0. The molecule has 0 aromatic rings. The van der Waals surface area contributed by atoms with Gasteiger partial charge in [0.25, 0.3) is 0 Å². The van der Waals surface area contributed by atoms with Crippen LogP contribution in [0.4, 0.5) is 8.96 Å². The van der Waals surface area contributed by atoms with Gasteiger partial charge in [0, 0.05) is 6.92 Å². The summed E-state index contributed by atoms with van der Waals surface area (Å²) in [7, 11) is 0. The molecule has 0 N–H and O–H groups in total. The molecule has 0 spiro atoms. The summed E-state index contributed by atoms with van der Waals surface area (Å²) in [6, 6.07) is 3.08. The fourth-order valence-electron chi connectivity index (χ4n) is 4.05. The van der Waals surface area contributed by atoms with Gasteiger partial charge in [-0.25, -0.2) is 0 Å². The molecule has 6 rings (SSSR count). The van der Waals surface area contributed by atoms with Gasteiger partial charge < -0.3 is 0 Å². The molecule has 0 atom stereocenters. The smallest absolute Gasteiger partial charge is 0.164 e. The number of hydrogen-bond donors (Lipinski definition) is 0. The number of nitrogens with zero attached hydrogens (tertiary/aromatic N) is 5. The predicted molar refractivity (Wildman–Crippen MR) is 94.4 cm³/mol. The Morgan fingerprint density at radius 3 is 1.04 bits per heavy atom. The van der Waals surface area contributed by atoms with Crippen molar-refractivity contribution in [1.29, 1.82) is 5.26 Å². The summed E-state index contributed by atoms with van der Waals surface area (Å²) in [5.41, 5.74) is 0. The second-order valence-electron chi connectivity index (χ2n) is 7.89. The Hall–Kier alpha value is -0.230. The van der Waals surface area contributed by atoms with E-state index in [-0.39, 0.29) is 9.41 Å².